The lowest BCUT2D eigenvalue weighted by molar-refractivity contribution is -0.122. The molecule has 4 aromatic rings. The number of rotatable bonds is 7. The predicted molar refractivity (Wildman–Crippen MR) is 163 cm³/mol. The zero-order valence-electron chi connectivity index (χ0n) is 22.6. The molecule has 0 saturated carbocycles. The Morgan fingerprint density at radius 2 is 1.71 bits per heavy atom. The smallest absolute Gasteiger partial charge is 0.338 e. The van der Waals surface area contributed by atoms with Crippen molar-refractivity contribution >= 4 is 69.5 Å². The lowest BCUT2D eigenvalue weighted by Gasteiger charge is -2.29. The molecule has 6 rings (SSSR count). The Morgan fingerprint density at radius 1 is 0.976 bits per heavy atom. The number of aryl methyl sites for hydroxylation is 1. The Hall–Kier alpha value is -4.00. The van der Waals surface area contributed by atoms with E-state index in [-0.39, 0.29) is 29.8 Å². The van der Waals surface area contributed by atoms with E-state index in [0.29, 0.717) is 26.8 Å². The molecule has 0 aliphatic carbocycles. The molecule has 1 saturated heterocycles. The number of ether oxygens (including phenoxy) is 1. The Kier molecular flexibility index (Phi) is 7.60. The number of thiophene rings is 1. The number of hydrogen-bond acceptors (Lipinski definition) is 9. The second kappa shape index (κ2) is 11.3. The van der Waals surface area contributed by atoms with E-state index in [4.69, 9.17) is 4.74 Å². The number of fused-ring (bicyclic) bond motifs is 2. The van der Waals surface area contributed by atoms with Gasteiger partial charge < -0.3 is 10.1 Å². The van der Waals surface area contributed by atoms with E-state index in [0.717, 1.165) is 21.8 Å². The molecule has 2 aliphatic heterocycles. The van der Waals surface area contributed by atoms with Crippen LogP contribution in [0.2, 0.25) is 0 Å². The lowest BCUT2D eigenvalue weighted by atomic mass is 9.87. The Balaban J connectivity index is 1.30. The van der Waals surface area contributed by atoms with Crippen LogP contribution in [-0.4, -0.2) is 40.1 Å². The second-order valence-electron chi connectivity index (χ2n) is 9.87. The van der Waals surface area contributed by atoms with Crippen molar-refractivity contribution in [2.24, 2.45) is 5.92 Å². The van der Waals surface area contributed by atoms with Gasteiger partial charge in [-0.05, 0) is 61.7 Å². The van der Waals surface area contributed by atoms with Gasteiger partial charge in [0.1, 0.15) is 11.8 Å². The summed E-state index contributed by atoms with van der Waals surface area (Å²) < 4.78 is 6.37. The maximum absolute atomic E-state index is 13.8. The van der Waals surface area contributed by atoms with Crippen LogP contribution in [0.5, 0.6) is 0 Å². The molecule has 12 heteroatoms. The predicted octanol–water partition coefficient (Wildman–Crippen LogP) is 4.89. The fourth-order valence-corrected chi connectivity index (χ4v) is 8.95. The number of imide groups is 1. The Bertz CT molecular complexity index is 1740. The summed E-state index contributed by atoms with van der Waals surface area (Å²) in [4.78, 5) is 68.3. The van der Waals surface area contributed by atoms with Crippen LogP contribution in [-0.2, 0) is 25.7 Å². The van der Waals surface area contributed by atoms with Crippen molar-refractivity contribution in [2.45, 2.75) is 36.6 Å². The zero-order valence-corrected chi connectivity index (χ0v) is 25.0. The monoisotopic (exact) mass is 619 g/mol. The number of amides is 3. The fraction of sp³-hybridized carbons (Fsp3) is 0.233. The summed E-state index contributed by atoms with van der Waals surface area (Å²) in [5.41, 5.74) is 2.35. The van der Waals surface area contributed by atoms with E-state index >= 15 is 0 Å². The number of thiazole rings is 1. The summed E-state index contributed by atoms with van der Waals surface area (Å²) in [7, 11) is 0. The van der Waals surface area contributed by atoms with Crippen molar-refractivity contribution in [3.8, 4) is 0 Å². The maximum Gasteiger partial charge on any atom is 0.338 e. The quantitative estimate of drug-likeness (QED) is 0.231. The first-order chi connectivity index (χ1) is 20.3. The average Bonchev–Trinajstić information content (AvgIpc) is 3.67. The summed E-state index contributed by atoms with van der Waals surface area (Å²) >= 11 is 3.67. The molecule has 3 atom stereocenters. The molecule has 0 radical (unpaired) electrons. The van der Waals surface area contributed by atoms with Crippen molar-refractivity contribution < 1.29 is 23.9 Å². The van der Waals surface area contributed by atoms with Gasteiger partial charge in [-0.25, -0.2) is 9.69 Å². The molecular formula is C30H25N3O6S3. The molecule has 1 fully saturated rings. The number of thioether (sulfide) groups is 1. The highest BCUT2D eigenvalue weighted by Crippen LogP contribution is 2.54. The first-order valence-corrected chi connectivity index (χ1v) is 15.8. The van der Waals surface area contributed by atoms with Crippen molar-refractivity contribution in [2.75, 3.05) is 16.8 Å². The molecular weight excluding hydrogens is 595 g/mol. The van der Waals surface area contributed by atoms with Crippen LogP contribution in [0.1, 0.15) is 38.5 Å². The van der Waals surface area contributed by atoms with Crippen molar-refractivity contribution in [1.82, 2.24) is 4.57 Å². The molecule has 214 valence electrons. The number of hydrogen-bond donors (Lipinski definition) is 1. The number of carbonyl (C=O) groups is 4. The SMILES string of the molecule is CCOC(=O)c1ccc(NC(=O)Cn2c3c(sc2=O)[C@@H](c2cccs2)[C@H]2C(=O)N(c4ccc(C)cc4)C(=O)[C@H]2S3)cc1. The van der Waals surface area contributed by atoms with Crippen LogP contribution in [0.3, 0.4) is 0 Å². The first-order valence-electron chi connectivity index (χ1n) is 13.2. The number of benzene rings is 2. The second-order valence-corrected chi connectivity index (χ2v) is 13.0. The lowest BCUT2D eigenvalue weighted by Crippen LogP contribution is -2.32. The molecule has 9 nitrogen and oxygen atoms in total. The maximum atomic E-state index is 13.8. The highest BCUT2D eigenvalue weighted by Gasteiger charge is 2.57. The van der Waals surface area contributed by atoms with Crippen molar-refractivity contribution in [3.05, 3.63) is 96.6 Å². The molecule has 42 heavy (non-hydrogen) atoms. The number of nitrogens with zero attached hydrogens (tertiary/aromatic N) is 2. The molecule has 2 aliphatic rings. The minimum absolute atomic E-state index is 0.258. The van der Waals surface area contributed by atoms with E-state index in [9.17, 15) is 24.0 Å². The van der Waals surface area contributed by atoms with Crippen LogP contribution in [0, 0.1) is 12.8 Å². The highest BCUT2D eigenvalue weighted by atomic mass is 32.2. The zero-order chi connectivity index (χ0) is 29.5. The van der Waals surface area contributed by atoms with Crippen LogP contribution in [0.15, 0.2) is 75.9 Å². The number of nitrogens with one attached hydrogen (secondary N) is 1. The van der Waals surface area contributed by atoms with Crippen LogP contribution in [0.25, 0.3) is 0 Å². The van der Waals surface area contributed by atoms with Crippen LogP contribution >= 0.6 is 34.4 Å². The van der Waals surface area contributed by atoms with Crippen LogP contribution < -0.4 is 15.1 Å². The first kappa shape index (κ1) is 28.1. The summed E-state index contributed by atoms with van der Waals surface area (Å²) in [6.07, 6.45) is 0. The number of aromatic nitrogens is 1. The molecule has 1 N–H and O–H groups in total. The summed E-state index contributed by atoms with van der Waals surface area (Å²) in [6.45, 7) is 3.65. The molecule has 0 unspecified atom stereocenters. The number of esters is 1. The molecule has 3 amide bonds. The van der Waals surface area contributed by atoms with Crippen molar-refractivity contribution in [3.63, 3.8) is 0 Å². The van der Waals surface area contributed by atoms with Gasteiger partial charge in [0.15, 0.2) is 0 Å². The molecule has 0 bridgehead atoms. The normalized spacial score (nSPS) is 19.4. The minimum atomic E-state index is -0.739. The van der Waals surface area contributed by atoms with Gasteiger partial charge in [-0.15, -0.1) is 11.3 Å². The van der Waals surface area contributed by atoms with Gasteiger partial charge in [0.05, 0.1) is 28.8 Å². The summed E-state index contributed by atoms with van der Waals surface area (Å²) in [5.74, 6) is -2.66. The van der Waals surface area contributed by atoms with Gasteiger partial charge in [-0.1, -0.05) is 46.9 Å². The Labute approximate surface area is 253 Å². The molecule has 0 spiro atoms. The van der Waals surface area contributed by atoms with Gasteiger partial charge in [-0.2, -0.15) is 0 Å². The highest BCUT2D eigenvalue weighted by molar-refractivity contribution is 8.00. The third kappa shape index (κ3) is 4.99. The third-order valence-electron chi connectivity index (χ3n) is 7.17. The topological polar surface area (TPSA) is 115 Å². The van der Waals surface area contributed by atoms with E-state index in [2.05, 4.69) is 5.32 Å². The molecule has 2 aromatic heterocycles. The third-order valence-corrected chi connectivity index (χ3v) is 10.7. The van der Waals surface area contributed by atoms with E-state index < -0.39 is 29.0 Å². The molecule has 4 heterocycles. The van der Waals surface area contributed by atoms with Gasteiger partial charge in [0.2, 0.25) is 17.7 Å². The largest absolute Gasteiger partial charge is 0.462 e. The van der Waals surface area contributed by atoms with Crippen molar-refractivity contribution in [1.29, 1.82) is 0 Å². The number of carbonyl (C=O) groups excluding carboxylic acids is 4. The fourth-order valence-electron chi connectivity index (χ4n) is 5.23. The van der Waals surface area contributed by atoms with Gasteiger partial charge in [0.25, 0.3) is 0 Å². The van der Waals surface area contributed by atoms with Crippen LogP contribution in [0.4, 0.5) is 11.4 Å². The summed E-state index contributed by atoms with van der Waals surface area (Å²) in [6, 6.07) is 17.3. The van der Waals surface area contributed by atoms with E-state index in [1.807, 2.05) is 36.6 Å². The van der Waals surface area contributed by atoms with E-state index in [1.54, 1.807) is 43.3 Å². The number of anilines is 2. The minimum Gasteiger partial charge on any atom is -0.462 e. The van der Waals surface area contributed by atoms with Gasteiger partial charge >= 0.3 is 10.8 Å². The van der Waals surface area contributed by atoms with E-state index in [1.165, 1.54) is 32.6 Å². The summed E-state index contributed by atoms with van der Waals surface area (Å²) in [5, 5.41) is 4.46. The average molecular weight is 620 g/mol. The Morgan fingerprint density at radius 3 is 2.38 bits per heavy atom. The standard InChI is InChI=1S/C30H25N3O6S3/c1-3-39-29(37)17-8-10-18(11-9-17)31-21(34)15-32-28-25(42-30(32)38)22(20-5-4-14-40-20)23-24(41-28)27(36)33(26(23)35)19-12-6-16(2)7-13-19/h4-14,22-24H,3,15H2,1-2H3,(H,31,34)/t22-,23+,24-/m0/s1. The molecule has 2 aromatic carbocycles. The van der Waals surface area contributed by atoms with Gasteiger partial charge in [-0.3, -0.25) is 23.7 Å². The van der Waals surface area contributed by atoms with Gasteiger partial charge in [0, 0.05) is 21.4 Å².